The van der Waals surface area contributed by atoms with Gasteiger partial charge in [-0.05, 0) is 38.3 Å². The molecule has 0 N–H and O–H groups in total. The first-order valence-electron chi connectivity index (χ1n) is 8.08. The van der Waals surface area contributed by atoms with Crippen molar-refractivity contribution in [3.05, 3.63) is 30.1 Å². The predicted molar refractivity (Wildman–Crippen MR) is 83.7 cm³/mol. The molecule has 3 heterocycles. The minimum atomic E-state index is -0.213. The summed E-state index contributed by atoms with van der Waals surface area (Å²) in [6.07, 6.45) is 2.83. The Morgan fingerprint density at radius 2 is 2.09 bits per heavy atom. The Morgan fingerprint density at radius 3 is 2.86 bits per heavy atom. The van der Waals surface area contributed by atoms with Gasteiger partial charge in [0.25, 0.3) is 5.91 Å². The summed E-state index contributed by atoms with van der Waals surface area (Å²) in [5.74, 6) is 1.19. The summed E-state index contributed by atoms with van der Waals surface area (Å²) in [7, 11) is 0. The molecule has 4 rings (SSSR count). The van der Waals surface area contributed by atoms with E-state index in [9.17, 15) is 4.79 Å². The van der Waals surface area contributed by atoms with Gasteiger partial charge in [0.15, 0.2) is 0 Å². The van der Waals surface area contributed by atoms with E-state index in [1.54, 1.807) is 0 Å². The van der Waals surface area contributed by atoms with Gasteiger partial charge in [0.2, 0.25) is 0 Å². The van der Waals surface area contributed by atoms with E-state index in [-0.39, 0.29) is 12.0 Å². The van der Waals surface area contributed by atoms with Crippen LogP contribution in [-0.4, -0.2) is 46.2 Å². The molecule has 0 bridgehead atoms. The molecular formula is C17H21N3O2. The van der Waals surface area contributed by atoms with E-state index in [0.29, 0.717) is 6.04 Å². The van der Waals surface area contributed by atoms with Crippen LogP contribution in [0.3, 0.4) is 0 Å². The number of hydrogen-bond acceptors (Lipinski definition) is 3. The van der Waals surface area contributed by atoms with E-state index in [4.69, 9.17) is 4.74 Å². The van der Waals surface area contributed by atoms with Gasteiger partial charge in [-0.25, -0.2) is 4.98 Å². The normalized spacial score (nSPS) is 22.8. The second-order valence-electron chi connectivity index (χ2n) is 6.27. The molecule has 2 aliphatic heterocycles. The molecule has 2 aromatic rings. The number of carbonyl (C=O) groups excluding carboxylic acids is 1. The number of para-hydroxylation sites is 2. The Bertz CT molecular complexity index is 697. The number of benzene rings is 1. The zero-order valence-corrected chi connectivity index (χ0v) is 12.9. The van der Waals surface area contributed by atoms with Gasteiger partial charge in [0, 0.05) is 19.7 Å². The van der Waals surface area contributed by atoms with Crippen LogP contribution in [0.2, 0.25) is 0 Å². The monoisotopic (exact) mass is 299 g/mol. The van der Waals surface area contributed by atoms with Crippen molar-refractivity contribution >= 4 is 16.9 Å². The molecule has 1 amide bonds. The topological polar surface area (TPSA) is 47.4 Å². The molecule has 0 aliphatic carbocycles. The Morgan fingerprint density at radius 1 is 1.27 bits per heavy atom. The summed E-state index contributed by atoms with van der Waals surface area (Å²) in [5.41, 5.74) is 2.19. The number of imidazole rings is 1. The summed E-state index contributed by atoms with van der Waals surface area (Å²) in [4.78, 5) is 19.0. The lowest BCUT2D eigenvalue weighted by Crippen LogP contribution is -2.54. The lowest BCUT2D eigenvalue weighted by Gasteiger charge is -2.42. The number of likely N-dealkylation sites (tertiary alicyclic amines) is 1. The Balaban J connectivity index is 1.48. The van der Waals surface area contributed by atoms with Gasteiger partial charge in [-0.1, -0.05) is 12.1 Å². The predicted octanol–water partition coefficient (Wildman–Crippen LogP) is 2.30. The van der Waals surface area contributed by atoms with E-state index < -0.39 is 0 Å². The number of amides is 1. The third-order valence-electron chi connectivity index (χ3n) is 4.77. The number of aryl methyl sites for hydroxylation is 1. The summed E-state index contributed by atoms with van der Waals surface area (Å²) in [5, 5.41) is 0. The molecule has 5 heteroatoms. The van der Waals surface area contributed by atoms with Gasteiger partial charge < -0.3 is 14.2 Å². The van der Waals surface area contributed by atoms with Crippen molar-refractivity contribution in [2.75, 3.05) is 19.7 Å². The molecule has 5 nitrogen and oxygen atoms in total. The van der Waals surface area contributed by atoms with E-state index in [1.807, 2.05) is 30.0 Å². The first-order valence-corrected chi connectivity index (χ1v) is 8.08. The zero-order chi connectivity index (χ0) is 15.1. The highest BCUT2D eigenvalue weighted by molar-refractivity contribution is 5.82. The van der Waals surface area contributed by atoms with Crippen molar-refractivity contribution in [1.29, 1.82) is 0 Å². The van der Waals surface area contributed by atoms with Gasteiger partial charge in [0.1, 0.15) is 11.9 Å². The molecule has 0 radical (unpaired) electrons. The molecule has 2 fully saturated rings. The minimum absolute atomic E-state index is 0.165. The van der Waals surface area contributed by atoms with E-state index >= 15 is 0 Å². The number of ether oxygens (including phenoxy) is 1. The number of nitrogens with zero attached hydrogens (tertiary/aromatic N) is 3. The molecular weight excluding hydrogens is 278 g/mol. The second-order valence-corrected chi connectivity index (χ2v) is 6.27. The van der Waals surface area contributed by atoms with Gasteiger partial charge in [-0.3, -0.25) is 4.79 Å². The smallest absolute Gasteiger partial charge is 0.251 e. The zero-order valence-electron chi connectivity index (χ0n) is 12.9. The van der Waals surface area contributed by atoms with E-state index in [1.165, 1.54) is 0 Å². The quantitative estimate of drug-likeness (QED) is 0.855. The highest BCUT2D eigenvalue weighted by Crippen LogP contribution is 2.29. The lowest BCUT2D eigenvalue weighted by atomic mass is 10.0. The molecule has 2 saturated heterocycles. The first kappa shape index (κ1) is 13.8. The summed E-state index contributed by atoms with van der Waals surface area (Å²) >= 11 is 0. The molecule has 1 unspecified atom stereocenters. The fourth-order valence-corrected chi connectivity index (χ4v) is 3.56. The van der Waals surface area contributed by atoms with Crippen LogP contribution in [0.5, 0.6) is 0 Å². The Kier molecular flexibility index (Phi) is 3.37. The van der Waals surface area contributed by atoms with Crippen LogP contribution >= 0.6 is 0 Å². The third kappa shape index (κ3) is 2.20. The highest BCUT2D eigenvalue weighted by atomic mass is 16.5. The first-order chi connectivity index (χ1) is 10.7. The molecule has 2 aliphatic rings. The average molecular weight is 299 g/mol. The van der Waals surface area contributed by atoms with Crippen LogP contribution in [0.1, 0.15) is 31.1 Å². The van der Waals surface area contributed by atoms with Crippen molar-refractivity contribution in [2.24, 2.45) is 0 Å². The molecule has 0 saturated carbocycles. The van der Waals surface area contributed by atoms with E-state index in [2.05, 4.69) is 15.6 Å². The Labute approximate surface area is 129 Å². The van der Waals surface area contributed by atoms with Crippen LogP contribution < -0.4 is 0 Å². The van der Waals surface area contributed by atoms with Crippen LogP contribution in [0, 0.1) is 6.92 Å². The highest BCUT2D eigenvalue weighted by Gasteiger charge is 2.37. The minimum Gasteiger partial charge on any atom is -0.368 e. The molecule has 1 aromatic carbocycles. The van der Waals surface area contributed by atoms with Crippen molar-refractivity contribution < 1.29 is 9.53 Å². The molecule has 1 atom stereocenters. The van der Waals surface area contributed by atoms with Crippen LogP contribution in [0.15, 0.2) is 24.3 Å². The largest absolute Gasteiger partial charge is 0.368 e. The molecule has 1 aromatic heterocycles. The number of aromatic nitrogens is 2. The lowest BCUT2D eigenvalue weighted by molar-refractivity contribution is -0.152. The molecule has 22 heavy (non-hydrogen) atoms. The maximum absolute atomic E-state index is 12.4. The van der Waals surface area contributed by atoms with Gasteiger partial charge in [0.05, 0.1) is 17.1 Å². The maximum Gasteiger partial charge on any atom is 0.251 e. The van der Waals surface area contributed by atoms with Crippen molar-refractivity contribution in [1.82, 2.24) is 14.5 Å². The summed E-state index contributed by atoms with van der Waals surface area (Å²) < 4.78 is 7.87. The van der Waals surface area contributed by atoms with Crippen molar-refractivity contribution in [3.8, 4) is 0 Å². The number of carbonyl (C=O) groups is 1. The number of hydrogen-bond donors (Lipinski definition) is 0. The average Bonchev–Trinajstić information content (AvgIpc) is 2.83. The summed E-state index contributed by atoms with van der Waals surface area (Å²) in [6.45, 7) is 4.29. The number of fused-ring (bicyclic) bond motifs is 1. The van der Waals surface area contributed by atoms with Gasteiger partial charge in [-0.2, -0.15) is 0 Å². The van der Waals surface area contributed by atoms with Crippen LogP contribution in [-0.2, 0) is 9.53 Å². The fourth-order valence-electron chi connectivity index (χ4n) is 3.56. The van der Waals surface area contributed by atoms with Crippen LogP contribution in [0.25, 0.3) is 11.0 Å². The second kappa shape index (κ2) is 5.39. The standard InChI is InChI=1S/C17H21N3O2/c1-12-18-14-6-2-3-7-15(14)20(12)13-10-19(11-13)17(21)16-8-4-5-9-22-16/h2-3,6-7,13,16H,4-5,8-11H2,1H3. The van der Waals surface area contributed by atoms with Crippen molar-refractivity contribution in [3.63, 3.8) is 0 Å². The van der Waals surface area contributed by atoms with Crippen molar-refractivity contribution in [2.45, 2.75) is 38.3 Å². The molecule has 0 spiro atoms. The fraction of sp³-hybridized carbons (Fsp3) is 0.529. The number of rotatable bonds is 2. The molecule has 116 valence electrons. The van der Waals surface area contributed by atoms with Gasteiger partial charge in [-0.15, -0.1) is 0 Å². The van der Waals surface area contributed by atoms with Gasteiger partial charge >= 0.3 is 0 Å². The summed E-state index contributed by atoms with van der Waals surface area (Å²) in [6, 6.07) is 8.52. The Hall–Kier alpha value is -1.88. The third-order valence-corrected chi connectivity index (χ3v) is 4.77. The SMILES string of the molecule is Cc1nc2ccccc2n1C1CN(C(=O)C2CCCCO2)C1. The van der Waals surface area contributed by atoms with E-state index in [0.717, 1.165) is 55.8 Å². The maximum atomic E-state index is 12.4. The van der Waals surface area contributed by atoms with Crippen LogP contribution in [0.4, 0.5) is 0 Å².